The Labute approximate surface area is 237 Å². The summed E-state index contributed by atoms with van der Waals surface area (Å²) in [5, 5.41) is 2.78. The zero-order chi connectivity index (χ0) is 28.2. The lowest BCUT2D eigenvalue weighted by Crippen LogP contribution is -2.48. The molecule has 0 bridgehead atoms. The fourth-order valence-electron chi connectivity index (χ4n) is 5.32. The minimum Gasteiger partial charge on any atom is -0.493 e. The van der Waals surface area contributed by atoms with Crippen molar-refractivity contribution in [2.24, 2.45) is 0 Å². The quantitative estimate of drug-likeness (QED) is 0.421. The number of nitrogens with zero attached hydrogens (tertiary/aromatic N) is 4. The second-order valence-corrected chi connectivity index (χ2v) is 10.7. The van der Waals surface area contributed by atoms with Gasteiger partial charge in [-0.05, 0) is 49.2 Å². The van der Waals surface area contributed by atoms with E-state index >= 15 is 0 Å². The number of carbonyl (C=O) groups is 2. The molecule has 2 aliphatic rings. The van der Waals surface area contributed by atoms with Crippen LogP contribution in [0.1, 0.15) is 44.6 Å². The molecule has 3 heterocycles. The molecule has 11 heteroatoms. The van der Waals surface area contributed by atoms with Crippen LogP contribution in [0.4, 0.5) is 10.1 Å². The van der Waals surface area contributed by atoms with Crippen molar-refractivity contribution in [3.63, 3.8) is 0 Å². The molecule has 40 heavy (non-hydrogen) atoms. The standard InChI is InChI=1S/C29H33FN4O5S/c1-37-24-9-8-22(25(38-2)26(24)39-3)28(35)33-12-10-19(11-13-33)27-31-23(18-40-27)29(36)34-16-14-32(15-17-34)21-6-4-20(30)5-7-21/h4-9,18-19H,10-17H2,1-3H3. The van der Waals surface area contributed by atoms with Crippen molar-refractivity contribution >= 4 is 28.8 Å². The Balaban J connectivity index is 1.17. The maximum Gasteiger partial charge on any atom is 0.273 e. The highest BCUT2D eigenvalue weighted by Gasteiger charge is 2.31. The molecule has 0 radical (unpaired) electrons. The molecule has 2 aromatic carbocycles. The van der Waals surface area contributed by atoms with Crippen molar-refractivity contribution in [1.82, 2.24) is 14.8 Å². The maximum absolute atomic E-state index is 13.4. The number of methoxy groups -OCH3 is 3. The van der Waals surface area contributed by atoms with Crippen LogP contribution in [-0.4, -0.2) is 87.2 Å². The Kier molecular flexibility index (Phi) is 8.39. The first-order chi connectivity index (χ1) is 19.4. The molecule has 3 aromatic rings. The van der Waals surface area contributed by atoms with Crippen LogP contribution in [0.5, 0.6) is 17.2 Å². The third kappa shape index (κ3) is 5.56. The first kappa shape index (κ1) is 27.7. The number of halogens is 1. The van der Waals surface area contributed by atoms with Crippen molar-refractivity contribution in [2.75, 3.05) is 65.5 Å². The third-order valence-corrected chi connectivity index (χ3v) is 8.57. The van der Waals surface area contributed by atoms with E-state index in [2.05, 4.69) is 4.90 Å². The molecule has 0 N–H and O–H groups in total. The van der Waals surface area contributed by atoms with Gasteiger partial charge in [-0.1, -0.05) is 0 Å². The number of likely N-dealkylation sites (tertiary alicyclic amines) is 1. The SMILES string of the molecule is COc1ccc(C(=O)N2CCC(c3nc(C(=O)N4CCN(c5ccc(F)cc5)CC4)cs3)CC2)c(OC)c1OC. The summed E-state index contributed by atoms with van der Waals surface area (Å²) in [6.07, 6.45) is 1.53. The van der Waals surface area contributed by atoms with Gasteiger partial charge in [0.05, 0.1) is 31.9 Å². The van der Waals surface area contributed by atoms with Gasteiger partial charge >= 0.3 is 0 Å². The average molecular weight is 569 g/mol. The molecule has 212 valence electrons. The summed E-state index contributed by atoms with van der Waals surface area (Å²) in [6.45, 7) is 3.70. The topological polar surface area (TPSA) is 84.4 Å². The second kappa shape index (κ2) is 12.1. The third-order valence-electron chi connectivity index (χ3n) is 7.57. The largest absolute Gasteiger partial charge is 0.493 e. The number of anilines is 1. The molecule has 0 unspecified atom stereocenters. The number of hydrogen-bond acceptors (Lipinski definition) is 8. The Morgan fingerprint density at radius 2 is 1.48 bits per heavy atom. The highest BCUT2D eigenvalue weighted by Crippen LogP contribution is 2.41. The van der Waals surface area contributed by atoms with E-state index in [1.807, 2.05) is 15.2 Å². The second-order valence-electron chi connectivity index (χ2n) is 9.78. The summed E-state index contributed by atoms with van der Waals surface area (Å²) in [6, 6.07) is 9.85. The summed E-state index contributed by atoms with van der Waals surface area (Å²) in [5.74, 6) is 1.00. The molecule has 2 amide bonds. The van der Waals surface area contributed by atoms with Crippen molar-refractivity contribution in [1.29, 1.82) is 0 Å². The Bertz CT molecular complexity index is 1350. The van der Waals surface area contributed by atoms with Crippen LogP contribution in [-0.2, 0) is 0 Å². The maximum atomic E-state index is 13.4. The number of piperazine rings is 1. The highest BCUT2D eigenvalue weighted by molar-refractivity contribution is 7.09. The predicted octanol–water partition coefficient (Wildman–Crippen LogP) is 4.29. The number of ether oxygens (including phenoxy) is 3. The van der Waals surface area contributed by atoms with Crippen molar-refractivity contribution < 1.29 is 28.2 Å². The first-order valence-electron chi connectivity index (χ1n) is 13.3. The number of amides is 2. The molecule has 5 rings (SSSR count). The van der Waals surface area contributed by atoms with E-state index in [-0.39, 0.29) is 23.5 Å². The van der Waals surface area contributed by atoms with E-state index in [0.717, 1.165) is 23.5 Å². The van der Waals surface area contributed by atoms with Gasteiger partial charge in [-0.2, -0.15) is 0 Å². The van der Waals surface area contributed by atoms with Gasteiger partial charge in [-0.3, -0.25) is 9.59 Å². The van der Waals surface area contributed by atoms with Gasteiger partial charge < -0.3 is 28.9 Å². The van der Waals surface area contributed by atoms with Crippen LogP contribution in [0, 0.1) is 5.82 Å². The molecular weight excluding hydrogens is 535 g/mol. The fraction of sp³-hybridized carbons (Fsp3) is 0.414. The number of rotatable bonds is 7. The lowest BCUT2D eigenvalue weighted by molar-refractivity contribution is 0.0708. The van der Waals surface area contributed by atoms with E-state index in [1.165, 1.54) is 44.8 Å². The summed E-state index contributed by atoms with van der Waals surface area (Å²) < 4.78 is 29.5. The monoisotopic (exact) mass is 568 g/mol. The van der Waals surface area contributed by atoms with Crippen LogP contribution in [0.25, 0.3) is 0 Å². The fourth-order valence-corrected chi connectivity index (χ4v) is 6.29. The van der Waals surface area contributed by atoms with E-state index in [1.54, 1.807) is 24.3 Å². The van der Waals surface area contributed by atoms with Crippen LogP contribution in [0.3, 0.4) is 0 Å². The molecule has 2 fully saturated rings. The molecule has 2 aliphatic heterocycles. The molecular formula is C29H33FN4O5S. The minimum absolute atomic E-state index is 0.0607. The van der Waals surface area contributed by atoms with Gasteiger partial charge in [-0.25, -0.2) is 9.37 Å². The van der Waals surface area contributed by atoms with Crippen LogP contribution in [0.15, 0.2) is 41.8 Å². The number of carbonyl (C=O) groups excluding carboxylic acids is 2. The van der Waals surface area contributed by atoms with Gasteiger partial charge in [-0.15, -0.1) is 11.3 Å². The summed E-state index contributed by atoms with van der Waals surface area (Å²) in [4.78, 5) is 37.0. The van der Waals surface area contributed by atoms with Crippen LogP contribution >= 0.6 is 11.3 Å². The van der Waals surface area contributed by atoms with E-state index in [9.17, 15) is 14.0 Å². The predicted molar refractivity (Wildman–Crippen MR) is 151 cm³/mol. The van der Waals surface area contributed by atoms with Gasteiger partial charge in [0, 0.05) is 56.3 Å². The van der Waals surface area contributed by atoms with Crippen LogP contribution in [0.2, 0.25) is 0 Å². The lowest BCUT2D eigenvalue weighted by atomic mass is 9.96. The number of thiazole rings is 1. The molecule has 1 aromatic heterocycles. The van der Waals surface area contributed by atoms with Crippen LogP contribution < -0.4 is 19.1 Å². The molecule has 0 saturated carbocycles. The van der Waals surface area contributed by atoms with Gasteiger partial charge in [0.1, 0.15) is 11.5 Å². The molecule has 0 spiro atoms. The van der Waals surface area contributed by atoms with Crippen molar-refractivity contribution in [2.45, 2.75) is 18.8 Å². The normalized spacial score (nSPS) is 16.1. The van der Waals surface area contributed by atoms with E-state index in [0.29, 0.717) is 67.8 Å². The summed E-state index contributed by atoms with van der Waals surface area (Å²) in [7, 11) is 4.56. The molecule has 9 nitrogen and oxygen atoms in total. The van der Waals surface area contributed by atoms with Gasteiger partial charge in [0.15, 0.2) is 11.5 Å². The zero-order valence-electron chi connectivity index (χ0n) is 22.9. The lowest BCUT2D eigenvalue weighted by Gasteiger charge is -2.35. The molecule has 0 atom stereocenters. The first-order valence-corrected chi connectivity index (χ1v) is 14.1. The Hall–Kier alpha value is -3.86. The smallest absolute Gasteiger partial charge is 0.273 e. The van der Waals surface area contributed by atoms with E-state index in [4.69, 9.17) is 19.2 Å². The Morgan fingerprint density at radius 3 is 2.10 bits per heavy atom. The number of hydrogen-bond donors (Lipinski definition) is 0. The number of piperidine rings is 1. The number of benzene rings is 2. The Morgan fingerprint density at radius 1 is 0.825 bits per heavy atom. The molecule has 2 saturated heterocycles. The van der Waals surface area contributed by atoms with Gasteiger partial charge in [0.25, 0.3) is 11.8 Å². The minimum atomic E-state index is -0.257. The van der Waals surface area contributed by atoms with Crippen molar-refractivity contribution in [3.05, 3.63) is 63.9 Å². The highest BCUT2D eigenvalue weighted by atomic mass is 32.1. The van der Waals surface area contributed by atoms with Gasteiger partial charge in [0.2, 0.25) is 5.75 Å². The zero-order valence-corrected chi connectivity index (χ0v) is 23.7. The molecule has 0 aliphatic carbocycles. The van der Waals surface area contributed by atoms with E-state index < -0.39 is 0 Å². The number of aromatic nitrogens is 1. The van der Waals surface area contributed by atoms with Crippen molar-refractivity contribution in [3.8, 4) is 17.2 Å². The average Bonchev–Trinajstić information content (AvgIpc) is 3.50. The summed E-state index contributed by atoms with van der Waals surface area (Å²) >= 11 is 1.51. The summed E-state index contributed by atoms with van der Waals surface area (Å²) in [5.41, 5.74) is 1.86.